The van der Waals surface area contributed by atoms with Crippen LogP contribution in [0.3, 0.4) is 0 Å². The second-order valence-electron chi connectivity index (χ2n) is 4.24. The number of rotatable bonds is 0. The van der Waals surface area contributed by atoms with E-state index >= 15 is 0 Å². The topological polar surface area (TPSA) is 0 Å². The molecule has 0 bridgehead atoms. The molecule has 0 spiro atoms. The molecule has 0 atom stereocenters. The van der Waals surface area contributed by atoms with Crippen molar-refractivity contribution < 1.29 is 0 Å². The third-order valence-corrected chi connectivity index (χ3v) is 2.88. The molecular weight excluding hydrogens is 156 g/mol. The van der Waals surface area contributed by atoms with Crippen LogP contribution in [0.2, 0.25) is 0 Å². The third-order valence-electron chi connectivity index (χ3n) is 2.88. The highest BCUT2D eigenvalue weighted by atomic mass is 14.0. The summed E-state index contributed by atoms with van der Waals surface area (Å²) >= 11 is 0. The Balaban J connectivity index is 2.14. The molecule has 0 heteroatoms. The van der Waals surface area contributed by atoms with Gasteiger partial charge in [-0.3, -0.25) is 0 Å². The Hall–Kier alpha value is -0.260. The van der Waals surface area contributed by atoms with Crippen LogP contribution in [-0.4, -0.2) is 0 Å². The molecule has 0 aromatic heterocycles. The van der Waals surface area contributed by atoms with Gasteiger partial charge in [-0.2, -0.15) is 0 Å². The Morgan fingerprint density at radius 1 is 0.769 bits per heavy atom. The fraction of sp³-hybridized carbons (Fsp3) is 0.769. The lowest BCUT2D eigenvalue weighted by Crippen LogP contribution is -1.88. The first-order valence-electron chi connectivity index (χ1n) is 5.88. The predicted octanol–water partition coefficient (Wildman–Crippen LogP) is 4.66. The van der Waals surface area contributed by atoms with E-state index in [4.69, 9.17) is 0 Å². The Morgan fingerprint density at radius 3 is 2.31 bits per heavy atom. The van der Waals surface area contributed by atoms with Gasteiger partial charge in [0.05, 0.1) is 0 Å². The Labute approximate surface area is 83.4 Å². The zero-order valence-corrected chi connectivity index (χ0v) is 8.86. The fourth-order valence-electron chi connectivity index (χ4n) is 1.96. The molecule has 0 nitrogen and oxygen atoms in total. The van der Waals surface area contributed by atoms with Gasteiger partial charge < -0.3 is 0 Å². The Kier molecular flexibility index (Phi) is 5.97. The van der Waals surface area contributed by atoms with Crippen molar-refractivity contribution in [3.63, 3.8) is 0 Å². The minimum absolute atomic E-state index is 1.26. The van der Waals surface area contributed by atoms with Gasteiger partial charge in [0.1, 0.15) is 0 Å². The monoisotopic (exact) mass is 179 g/mol. The lowest BCUT2D eigenvalue weighted by Gasteiger charge is -2.08. The van der Waals surface area contributed by atoms with E-state index in [1.165, 1.54) is 69.8 Å². The SMILES string of the molecule is C=C1CCC[CH]CCCCCCC1. The van der Waals surface area contributed by atoms with Crippen molar-refractivity contribution in [2.75, 3.05) is 0 Å². The summed E-state index contributed by atoms with van der Waals surface area (Å²) in [4.78, 5) is 0. The van der Waals surface area contributed by atoms with Crippen molar-refractivity contribution in [2.45, 2.75) is 64.2 Å². The maximum Gasteiger partial charge on any atom is -0.0323 e. The molecule has 0 N–H and O–H groups in total. The predicted molar refractivity (Wildman–Crippen MR) is 59.6 cm³/mol. The molecule has 1 fully saturated rings. The molecule has 0 saturated heterocycles. The van der Waals surface area contributed by atoms with Gasteiger partial charge in [-0.15, -0.1) is 0 Å². The van der Waals surface area contributed by atoms with E-state index in [1.807, 2.05) is 0 Å². The highest BCUT2D eigenvalue weighted by Crippen LogP contribution is 2.18. The Bertz CT molecular complexity index is 121. The molecule has 1 saturated carbocycles. The number of hydrogen-bond donors (Lipinski definition) is 0. The standard InChI is InChI=1S/C13H23/c1-13-11-9-7-5-3-2-4-6-8-10-12-13/h5H,1-4,6-12H2. The first-order valence-corrected chi connectivity index (χ1v) is 5.88. The molecule has 0 heterocycles. The van der Waals surface area contributed by atoms with Crippen molar-refractivity contribution in [1.29, 1.82) is 0 Å². The van der Waals surface area contributed by atoms with Crippen molar-refractivity contribution in [3.05, 3.63) is 18.6 Å². The number of hydrogen-bond acceptors (Lipinski definition) is 0. The average Bonchev–Trinajstić information content (AvgIpc) is 2.11. The molecule has 1 aliphatic rings. The smallest absolute Gasteiger partial charge is 0.0323 e. The van der Waals surface area contributed by atoms with Crippen LogP contribution < -0.4 is 0 Å². The van der Waals surface area contributed by atoms with E-state index in [1.54, 1.807) is 0 Å². The summed E-state index contributed by atoms with van der Waals surface area (Å²) in [5.74, 6) is 0. The maximum absolute atomic E-state index is 4.13. The van der Waals surface area contributed by atoms with Crippen LogP contribution in [0, 0.1) is 6.42 Å². The summed E-state index contributed by atoms with van der Waals surface area (Å²) in [6.45, 7) is 4.13. The maximum atomic E-state index is 4.13. The second kappa shape index (κ2) is 7.17. The van der Waals surface area contributed by atoms with E-state index in [0.717, 1.165) is 0 Å². The molecule has 13 heavy (non-hydrogen) atoms. The molecular formula is C13H23. The van der Waals surface area contributed by atoms with E-state index in [2.05, 4.69) is 13.0 Å². The Morgan fingerprint density at radius 2 is 1.38 bits per heavy atom. The largest absolute Gasteiger partial charge is 0.0999 e. The van der Waals surface area contributed by atoms with Gasteiger partial charge >= 0.3 is 0 Å². The van der Waals surface area contributed by atoms with Crippen molar-refractivity contribution in [3.8, 4) is 0 Å². The normalized spacial score (nSPS) is 23.2. The van der Waals surface area contributed by atoms with Crippen LogP contribution in [0.15, 0.2) is 12.2 Å². The molecule has 0 unspecified atom stereocenters. The van der Waals surface area contributed by atoms with Gasteiger partial charge in [0.2, 0.25) is 0 Å². The third kappa shape index (κ3) is 5.90. The van der Waals surface area contributed by atoms with Gasteiger partial charge in [0, 0.05) is 0 Å². The second-order valence-corrected chi connectivity index (χ2v) is 4.24. The molecule has 0 aliphatic heterocycles. The van der Waals surface area contributed by atoms with Crippen molar-refractivity contribution in [1.82, 2.24) is 0 Å². The van der Waals surface area contributed by atoms with Crippen LogP contribution in [0.5, 0.6) is 0 Å². The molecule has 0 aromatic carbocycles. The van der Waals surface area contributed by atoms with Crippen LogP contribution >= 0.6 is 0 Å². The summed E-state index contributed by atoms with van der Waals surface area (Å²) in [5.41, 5.74) is 1.48. The molecule has 75 valence electrons. The van der Waals surface area contributed by atoms with Crippen LogP contribution in [-0.2, 0) is 0 Å². The van der Waals surface area contributed by atoms with E-state index in [0.29, 0.717) is 0 Å². The minimum Gasteiger partial charge on any atom is -0.0999 e. The van der Waals surface area contributed by atoms with Crippen LogP contribution in [0.25, 0.3) is 0 Å². The highest BCUT2D eigenvalue weighted by molar-refractivity contribution is 4.93. The van der Waals surface area contributed by atoms with E-state index in [9.17, 15) is 0 Å². The summed E-state index contributed by atoms with van der Waals surface area (Å²) in [6.07, 6.45) is 16.1. The first kappa shape index (κ1) is 10.8. The summed E-state index contributed by atoms with van der Waals surface area (Å²) in [5, 5.41) is 0. The molecule has 1 radical (unpaired) electrons. The fourth-order valence-corrected chi connectivity index (χ4v) is 1.96. The summed E-state index contributed by atoms with van der Waals surface area (Å²) in [6, 6.07) is 0. The van der Waals surface area contributed by atoms with Gasteiger partial charge in [-0.05, 0) is 38.5 Å². The average molecular weight is 179 g/mol. The lowest BCUT2D eigenvalue weighted by atomic mass is 9.99. The van der Waals surface area contributed by atoms with Gasteiger partial charge in [0.25, 0.3) is 0 Å². The minimum atomic E-state index is 1.26. The molecule has 1 aliphatic carbocycles. The van der Waals surface area contributed by atoms with E-state index < -0.39 is 0 Å². The quantitative estimate of drug-likeness (QED) is 0.474. The molecule has 1 rings (SSSR count). The van der Waals surface area contributed by atoms with E-state index in [-0.39, 0.29) is 0 Å². The van der Waals surface area contributed by atoms with Gasteiger partial charge in [0.15, 0.2) is 0 Å². The lowest BCUT2D eigenvalue weighted by molar-refractivity contribution is 0.584. The van der Waals surface area contributed by atoms with Crippen LogP contribution in [0.1, 0.15) is 64.2 Å². The molecule has 0 amide bonds. The zero-order chi connectivity index (χ0) is 9.36. The summed E-state index contributed by atoms with van der Waals surface area (Å²) in [7, 11) is 0. The van der Waals surface area contributed by atoms with Crippen LogP contribution in [0.4, 0.5) is 0 Å². The molecule has 0 aromatic rings. The summed E-state index contributed by atoms with van der Waals surface area (Å²) < 4.78 is 0. The van der Waals surface area contributed by atoms with Crippen molar-refractivity contribution in [2.24, 2.45) is 0 Å². The van der Waals surface area contributed by atoms with Crippen molar-refractivity contribution >= 4 is 0 Å². The van der Waals surface area contributed by atoms with Gasteiger partial charge in [-0.1, -0.05) is 44.3 Å². The number of allylic oxidation sites excluding steroid dienone is 1. The van der Waals surface area contributed by atoms with Gasteiger partial charge in [-0.25, -0.2) is 0 Å². The zero-order valence-electron chi connectivity index (χ0n) is 8.86. The highest BCUT2D eigenvalue weighted by Gasteiger charge is 1.99. The first-order chi connectivity index (χ1) is 6.39.